The van der Waals surface area contributed by atoms with Crippen LogP contribution in [0.3, 0.4) is 0 Å². The summed E-state index contributed by atoms with van der Waals surface area (Å²) in [5.41, 5.74) is -5.65. The third-order valence-electron chi connectivity index (χ3n) is 3.39. The van der Waals surface area contributed by atoms with Crippen LogP contribution in [0.15, 0.2) is 0 Å². The highest BCUT2D eigenvalue weighted by Gasteiger charge is 2.36. The van der Waals surface area contributed by atoms with Gasteiger partial charge in [0, 0.05) is 0 Å². The zero-order chi connectivity index (χ0) is 16.6. The number of likely N-dealkylation sites (N-methyl/N-ethyl adjacent to an activating group) is 1. The summed E-state index contributed by atoms with van der Waals surface area (Å²) in [5.74, 6) is 0. The van der Waals surface area contributed by atoms with Gasteiger partial charge in [-0.15, -0.1) is 0 Å². The highest BCUT2D eigenvalue weighted by atomic mass is 32.2. The van der Waals surface area contributed by atoms with Crippen molar-refractivity contribution in [1.29, 1.82) is 0 Å². The fourth-order valence-electron chi connectivity index (χ4n) is 1.93. The number of hydrogen-bond donors (Lipinski definition) is 0. The lowest BCUT2D eigenvalue weighted by Crippen LogP contribution is -2.52. The van der Waals surface area contributed by atoms with Crippen LogP contribution in [0.2, 0.25) is 0 Å². The Morgan fingerprint density at radius 2 is 1.62 bits per heavy atom. The predicted molar refractivity (Wildman–Crippen MR) is 71.5 cm³/mol. The van der Waals surface area contributed by atoms with Crippen LogP contribution in [-0.4, -0.2) is 62.9 Å². The first-order chi connectivity index (χ1) is 9.52. The average molecular weight is 335 g/mol. The van der Waals surface area contributed by atoms with Crippen LogP contribution in [0.1, 0.15) is 32.6 Å². The molecule has 0 amide bonds. The van der Waals surface area contributed by atoms with E-state index in [4.69, 9.17) is 17.7 Å². The van der Waals surface area contributed by atoms with E-state index >= 15 is 0 Å². The Hall–Kier alpha value is -0.380. The molecule has 0 aromatic heterocycles. The van der Waals surface area contributed by atoms with Crippen LogP contribution in [0, 0.1) is 0 Å². The molecule has 0 aliphatic carbocycles. The zero-order valence-electron chi connectivity index (χ0n) is 12.5. The molecule has 0 atom stereocenters. The lowest BCUT2D eigenvalue weighted by Gasteiger charge is -2.37. The van der Waals surface area contributed by atoms with Gasteiger partial charge in [0.15, 0.2) is 10.1 Å². The van der Waals surface area contributed by atoms with E-state index in [0.717, 1.165) is 13.2 Å². The SMILES string of the molecule is CCCCCC[N+]1(C)CCOCC1.O=S(=O)([O-])C(F)(F)F. The molecule has 0 radical (unpaired) electrons. The van der Waals surface area contributed by atoms with Crippen molar-refractivity contribution in [2.24, 2.45) is 0 Å². The standard InChI is InChI=1S/C11H24NO.CHF3O3S/c1-3-4-5-6-7-12(2)8-10-13-11-9-12;2-1(3,4)8(5,6)7/h3-11H2,1-2H3;(H,5,6,7)/q+1;/p-1. The first-order valence-corrected chi connectivity index (χ1v) is 8.36. The van der Waals surface area contributed by atoms with Crippen molar-refractivity contribution in [3.05, 3.63) is 0 Å². The summed E-state index contributed by atoms with van der Waals surface area (Å²) >= 11 is 0. The summed E-state index contributed by atoms with van der Waals surface area (Å²) in [6.07, 6.45) is 5.54. The van der Waals surface area contributed by atoms with Gasteiger partial charge in [0.1, 0.15) is 13.1 Å². The Labute approximate surface area is 124 Å². The maximum absolute atomic E-state index is 10.7. The molecule has 1 rings (SSSR count). The van der Waals surface area contributed by atoms with E-state index in [1.54, 1.807) is 0 Å². The lowest BCUT2D eigenvalue weighted by atomic mass is 10.2. The third-order valence-corrected chi connectivity index (χ3v) is 3.95. The van der Waals surface area contributed by atoms with Gasteiger partial charge in [-0.1, -0.05) is 19.8 Å². The van der Waals surface area contributed by atoms with E-state index in [1.165, 1.54) is 49.8 Å². The molecule has 0 saturated carbocycles. The van der Waals surface area contributed by atoms with Crippen molar-refractivity contribution in [2.45, 2.75) is 38.1 Å². The van der Waals surface area contributed by atoms with E-state index in [2.05, 4.69) is 14.0 Å². The normalized spacial score (nSPS) is 18.8. The quantitative estimate of drug-likeness (QED) is 0.334. The topological polar surface area (TPSA) is 66.4 Å². The fraction of sp³-hybridized carbons (Fsp3) is 1.00. The summed E-state index contributed by atoms with van der Waals surface area (Å²) < 4.78 is 65.5. The molecule has 1 aliphatic heterocycles. The molecule has 1 heterocycles. The van der Waals surface area contributed by atoms with Gasteiger partial charge in [-0.3, -0.25) is 0 Å². The van der Waals surface area contributed by atoms with Gasteiger partial charge in [0.05, 0.1) is 26.8 Å². The van der Waals surface area contributed by atoms with Gasteiger partial charge < -0.3 is 13.8 Å². The minimum atomic E-state index is -6.09. The summed E-state index contributed by atoms with van der Waals surface area (Å²) in [6.45, 7) is 7.97. The highest BCUT2D eigenvalue weighted by Crippen LogP contribution is 2.20. The van der Waals surface area contributed by atoms with E-state index < -0.39 is 15.6 Å². The summed E-state index contributed by atoms with van der Waals surface area (Å²) in [4.78, 5) is 0. The molecule has 9 heteroatoms. The number of morpholine rings is 1. The summed E-state index contributed by atoms with van der Waals surface area (Å²) in [7, 11) is -3.72. The van der Waals surface area contributed by atoms with Gasteiger partial charge >= 0.3 is 5.51 Å². The predicted octanol–water partition coefficient (Wildman–Crippen LogP) is 2.09. The average Bonchev–Trinajstić information content (AvgIpc) is 2.34. The number of quaternary nitrogens is 1. The molecule has 1 fully saturated rings. The highest BCUT2D eigenvalue weighted by molar-refractivity contribution is 7.86. The minimum Gasteiger partial charge on any atom is -0.741 e. The molecule has 0 bridgehead atoms. The number of ether oxygens (including phenoxy) is 1. The number of hydrogen-bond acceptors (Lipinski definition) is 4. The van der Waals surface area contributed by atoms with Crippen molar-refractivity contribution in [3.8, 4) is 0 Å². The zero-order valence-corrected chi connectivity index (χ0v) is 13.3. The van der Waals surface area contributed by atoms with Crippen LogP contribution in [0.4, 0.5) is 13.2 Å². The second-order valence-electron chi connectivity index (χ2n) is 5.36. The van der Waals surface area contributed by atoms with E-state index in [1.807, 2.05) is 0 Å². The lowest BCUT2D eigenvalue weighted by molar-refractivity contribution is -0.917. The largest absolute Gasteiger partial charge is 0.741 e. The first kappa shape index (κ1) is 20.6. The maximum atomic E-state index is 10.7. The van der Waals surface area contributed by atoms with Crippen LogP contribution in [0.25, 0.3) is 0 Å². The summed E-state index contributed by atoms with van der Waals surface area (Å²) in [6, 6.07) is 0. The monoisotopic (exact) mass is 335 g/mol. The van der Waals surface area contributed by atoms with Crippen molar-refractivity contribution in [2.75, 3.05) is 39.9 Å². The van der Waals surface area contributed by atoms with Gasteiger partial charge in [-0.2, -0.15) is 13.2 Å². The van der Waals surface area contributed by atoms with Crippen LogP contribution >= 0.6 is 0 Å². The van der Waals surface area contributed by atoms with Gasteiger partial charge in [-0.05, 0) is 12.8 Å². The second-order valence-corrected chi connectivity index (χ2v) is 6.73. The number of unbranched alkanes of at least 4 members (excludes halogenated alkanes) is 3. The van der Waals surface area contributed by atoms with Crippen molar-refractivity contribution in [3.63, 3.8) is 0 Å². The third kappa shape index (κ3) is 9.28. The molecule has 128 valence electrons. The molecule has 1 saturated heterocycles. The van der Waals surface area contributed by atoms with Crippen molar-refractivity contribution < 1.29 is 35.4 Å². The Bertz CT molecular complexity index is 378. The van der Waals surface area contributed by atoms with Gasteiger partial charge in [-0.25, -0.2) is 8.42 Å². The summed E-state index contributed by atoms with van der Waals surface area (Å²) in [5, 5.41) is 0. The molecule has 0 N–H and O–H groups in total. The molecular weight excluding hydrogens is 311 g/mol. The Morgan fingerprint density at radius 1 is 1.14 bits per heavy atom. The molecule has 0 aromatic carbocycles. The van der Waals surface area contributed by atoms with E-state index in [9.17, 15) is 13.2 Å². The van der Waals surface area contributed by atoms with Crippen LogP contribution in [0.5, 0.6) is 0 Å². The minimum absolute atomic E-state index is 0.963. The van der Waals surface area contributed by atoms with E-state index in [-0.39, 0.29) is 0 Å². The number of nitrogens with zero attached hydrogens (tertiary/aromatic N) is 1. The van der Waals surface area contributed by atoms with Crippen LogP contribution in [-0.2, 0) is 14.9 Å². The molecule has 1 aliphatic rings. The smallest absolute Gasteiger partial charge is 0.485 e. The molecule has 0 spiro atoms. The number of halogens is 3. The van der Waals surface area contributed by atoms with Gasteiger partial charge in [0.25, 0.3) is 0 Å². The fourth-order valence-corrected chi connectivity index (χ4v) is 1.93. The van der Waals surface area contributed by atoms with E-state index in [0.29, 0.717) is 0 Å². The first-order valence-electron chi connectivity index (χ1n) is 6.95. The van der Waals surface area contributed by atoms with Gasteiger partial charge in [0.2, 0.25) is 0 Å². The van der Waals surface area contributed by atoms with Crippen molar-refractivity contribution in [1.82, 2.24) is 0 Å². The number of alkyl halides is 3. The molecule has 5 nitrogen and oxygen atoms in total. The molecular formula is C12H24F3NO4S. The molecule has 21 heavy (non-hydrogen) atoms. The maximum Gasteiger partial charge on any atom is 0.485 e. The molecule has 0 unspecified atom stereocenters. The Morgan fingerprint density at radius 3 is 2.00 bits per heavy atom. The second kappa shape index (κ2) is 8.92. The van der Waals surface area contributed by atoms with Crippen LogP contribution < -0.4 is 0 Å². The van der Waals surface area contributed by atoms with Crippen molar-refractivity contribution >= 4 is 10.1 Å². The Kier molecular flexibility index (Phi) is 8.76. The Balaban J connectivity index is 0.000000433. The number of rotatable bonds is 5. The molecule has 0 aromatic rings.